The molecule has 1 N–H and O–H groups in total. The van der Waals surface area contributed by atoms with E-state index in [0.29, 0.717) is 25.4 Å². The fourth-order valence-electron chi connectivity index (χ4n) is 2.64. The standard InChI is InChI=1S/C13H19NO3.ClH/c1-9-2-3-10(6-9)7-12(15)14-5-4-11(8-14)13(16)17;/h7,9,11H,2-6,8H2,1H3,(H,16,17);1H/b10-7+;. The number of carbonyl (C=O) groups excluding carboxylic acids is 1. The Morgan fingerprint density at radius 1 is 1.39 bits per heavy atom. The van der Waals surface area contributed by atoms with Crippen molar-refractivity contribution < 1.29 is 14.7 Å². The fraction of sp³-hybridized carbons (Fsp3) is 0.692. The summed E-state index contributed by atoms with van der Waals surface area (Å²) in [6.45, 7) is 3.14. The Balaban J connectivity index is 0.00000162. The lowest BCUT2D eigenvalue weighted by atomic mass is 10.1. The van der Waals surface area contributed by atoms with E-state index in [4.69, 9.17) is 5.11 Å². The van der Waals surface area contributed by atoms with E-state index in [1.807, 2.05) is 0 Å². The average molecular weight is 274 g/mol. The Labute approximate surface area is 113 Å². The van der Waals surface area contributed by atoms with Gasteiger partial charge in [-0.25, -0.2) is 0 Å². The molecule has 0 radical (unpaired) electrons. The molecule has 0 bridgehead atoms. The molecule has 1 saturated heterocycles. The minimum Gasteiger partial charge on any atom is -0.481 e. The van der Waals surface area contributed by atoms with Crippen molar-refractivity contribution in [2.24, 2.45) is 11.8 Å². The van der Waals surface area contributed by atoms with Crippen LogP contribution in [0.3, 0.4) is 0 Å². The van der Waals surface area contributed by atoms with Crippen molar-refractivity contribution >= 4 is 24.3 Å². The number of allylic oxidation sites excluding steroid dienone is 1. The number of carboxylic acids is 1. The van der Waals surface area contributed by atoms with Crippen molar-refractivity contribution in [2.45, 2.75) is 32.6 Å². The van der Waals surface area contributed by atoms with Crippen LogP contribution >= 0.6 is 12.4 Å². The zero-order valence-corrected chi connectivity index (χ0v) is 11.4. The largest absolute Gasteiger partial charge is 0.481 e. The van der Waals surface area contributed by atoms with Gasteiger partial charge in [-0.2, -0.15) is 0 Å². The molecular weight excluding hydrogens is 254 g/mol. The summed E-state index contributed by atoms with van der Waals surface area (Å²) >= 11 is 0. The number of carboxylic acid groups (broad SMARTS) is 1. The van der Waals surface area contributed by atoms with E-state index in [0.717, 1.165) is 19.3 Å². The predicted molar refractivity (Wildman–Crippen MR) is 70.7 cm³/mol. The number of carbonyl (C=O) groups is 2. The van der Waals surface area contributed by atoms with E-state index >= 15 is 0 Å². The second kappa shape index (κ2) is 6.23. The summed E-state index contributed by atoms with van der Waals surface area (Å²) in [5.74, 6) is -0.487. The number of likely N-dealkylation sites (tertiary alicyclic amines) is 1. The van der Waals surface area contributed by atoms with Crippen LogP contribution in [0, 0.1) is 11.8 Å². The first-order valence-electron chi connectivity index (χ1n) is 6.27. The molecule has 4 nitrogen and oxygen atoms in total. The average Bonchev–Trinajstić information content (AvgIpc) is 2.86. The number of rotatable bonds is 2. The summed E-state index contributed by atoms with van der Waals surface area (Å²) in [7, 11) is 0. The molecule has 2 aliphatic rings. The summed E-state index contributed by atoms with van der Waals surface area (Å²) in [5.41, 5.74) is 1.22. The summed E-state index contributed by atoms with van der Waals surface area (Å²) in [6.07, 6.45) is 5.51. The highest BCUT2D eigenvalue weighted by Gasteiger charge is 2.30. The molecule has 0 aromatic carbocycles. The molecule has 18 heavy (non-hydrogen) atoms. The van der Waals surface area contributed by atoms with Gasteiger partial charge >= 0.3 is 5.97 Å². The highest BCUT2D eigenvalue weighted by molar-refractivity contribution is 5.89. The first-order valence-corrected chi connectivity index (χ1v) is 6.27. The Kier molecular flexibility index (Phi) is 5.20. The number of nitrogens with zero attached hydrogens (tertiary/aromatic N) is 1. The molecule has 0 spiro atoms. The fourth-order valence-corrected chi connectivity index (χ4v) is 2.64. The Morgan fingerprint density at radius 2 is 2.11 bits per heavy atom. The van der Waals surface area contributed by atoms with E-state index in [2.05, 4.69) is 6.92 Å². The molecule has 2 fully saturated rings. The lowest BCUT2D eigenvalue weighted by molar-refractivity contribution is -0.141. The number of aliphatic carboxylic acids is 1. The van der Waals surface area contributed by atoms with E-state index in [1.165, 1.54) is 5.57 Å². The highest BCUT2D eigenvalue weighted by atomic mass is 35.5. The molecule has 2 unspecified atom stereocenters. The molecule has 2 rings (SSSR count). The molecule has 1 saturated carbocycles. The van der Waals surface area contributed by atoms with Crippen LogP contribution in [-0.4, -0.2) is 35.0 Å². The second-order valence-corrected chi connectivity index (χ2v) is 5.26. The van der Waals surface area contributed by atoms with Gasteiger partial charge in [-0.1, -0.05) is 12.5 Å². The Bertz CT molecular complexity index is 367. The van der Waals surface area contributed by atoms with Crippen molar-refractivity contribution in [3.63, 3.8) is 0 Å². The molecule has 102 valence electrons. The molecule has 1 amide bonds. The van der Waals surface area contributed by atoms with Gasteiger partial charge in [0.15, 0.2) is 0 Å². The van der Waals surface area contributed by atoms with E-state index in [9.17, 15) is 9.59 Å². The molecule has 5 heteroatoms. The Morgan fingerprint density at radius 3 is 2.61 bits per heavy atom. The van der Waals surface area contributed by atoms with Crippen molar-refractivity contribution in [2.75, 3.05) is 13.1 Å². The summed E-state index contributed by atoms with van der Waals surface area (Å²) in [4.78, 5) is 24.4. The summed E-state index contributed by atoms with van der Waals surface area (Å²) in [6, 6.07) is 0. The lowest BCUT2D eigenvalue weighted by Crippen LogP contribution is -2.28. The van der Waals surface area contributed by atoms with Crippen LogP contribution < -0.4 is 0 Å². The number of hydrogen-bond donors (Lipinski definition) is 1. The number of halogens is 1. The molecule has 0 aromatic rings. The zero-order valence-electron chi connectivity index (χ0n) is 10.6. The molecule has 2 atom stereocenters. The Hall–Kier alpha value is -1.03. The van der Waals surface area contributed by atoms with Crippen molar-refractivity contribution in [3.05, 3.63) is 11.6 Å². The maximum atomic E-state index is 11.9. The van der Waals surface area contributed by atoms with E-state index < -0.39 is 5.97 Å². The van der Waals surface area contributed by atoms with Crippen LogP contribution in [0.15, 0.2) is 11.6 Å². The normalized spacial score (nSPS) is 29.4. The van der Waals surface area contributed by atoms with Crippen LogP contribution in [0.2, 0.25) is 0 Å². The van der Waals surface area contributed by atoms with E-state index in [1.54, 1.807) is 11.0 Å². The van der Waals surface area contributed by atoms with E-state index in [-0.39, 0.29) is 24.2 Å². The third kappa shape index (κ3) is 3.48. The third-order valence-corrected chi connectivity index (χ3v) is 3.75. The van der Waals surface area contributed by atoms with Crippen LogP contribution in [0.25, 0.3) is 0 Å². The van der Waals surface area contributed by atoms with Gasteiger partial charge < -0.3 is 10.0 Å². The van der Waals surface area contributed by atoms with Crippen molar-refractivity contribution in [1.82, 2.24) is 4.90 Å². The highest BCUT2D eigenvalue weighted by Crippen LogP contribution is 2.29. The molecule has 1 aliphatic carbocycles. The molecule has 1 heterocycles. The lowest BCUT2D eigenvalue weighted by Gasteiger charge is -2.13. The number of hydrogen-bond acceptors (Lipinski definition) is 2. The van der Waals surface area contributed by atoms with Crippen LogP contribution in [-0.2, 0) is 9.59 Å². The van der Waals surface area contributed by atoms with Gasteiger partial charge in [0.05, 0.1) is 5.92 Å². The maximum Gasteiger partial charge on any atom is 0.308 e. The predicted octanol–water partition coefficient (Wildman–Crippen LogP) is 2.09. The third-order valence-electron chi connectivity index (χ3n) is 3.75. The van der Waals surface area contributed by atoms with Crippen LogP contribution in [0.4, 0.5) is 0 Å². The zero-order chi connectivity index (χ0) is 12.4. The second-order valence-electron chi connectivity index (χ2n) is 5.26. The SMILES string of the molecule is CC1CC/C(=C\C(=O)N2CCC(C(=O)O)C2)C1.Cl. The van der Waals surface area contributed by atoms with Crippen molar-refractivity contribution in [3.8, 4) is 0 Å². The van der Waals surface area contributed by atoms with Gasteiger partial charge in [-0.3, -0.25) is 9.59 Å². The first-order chi connectivity index (χ1) is 8.06. The molecule has 1 aliphatic heterocycles. The van der Waals surface area contributed by atoms with Crippen molar-refractivity contribution in [1.29, 1.82) is 0 Å². The van der Waals surface area contributed by atoms with Gasteiger partial charge in [-0.05, 0) is 31.6 Å². The monoisotopic (exact) mass is 273 g/mol. The quantitative estimate of drug-likeness (QED) is 0.784. The first kappa shape index (κ1) is 15.0. The van der Waals surface area contributed by atoms with Gasteiger partial charge in [0.25, 0.3) is 0 Å². The van der Waals surface area contributed by atoms with Gasteiger partial charge in [0, 0.05) is 19.2 Å². The van der Waals surface area contributed by atoms with Gasteiger partial charge in [0.2, 0.25) is 5.91 Å². The maximum absolute atomic E-state index is 11.9. The smallest absolute Gasteiger partial charge is 0.308 e. The minimum atomic E-state index is -0.789. The minimum absolute atomic E-state index is 0. The molecular formula is C13H20ClNO3. The summed E-state index contributed by atoms with van der Waals surface area (Å²) in [5, 5.41) is 8.88. The van der Waals surface area contributed by atoms with Gasteiger partial charge in [0.1, 0.15) is 0 Å². The van der Waals surface area contributed by atoms with Gasteiger partial charge in [-0.15, -0.1) is 12.4 Å². The molecule has 0 aromatic heterocycles. The van der Waals surface area contributed by atoms with Crippen LogP contribution in [0.1, 0.15) is 32.6 Å². The summed E-state index contributed by atoms with van der Waals surface area (Å²) < 4.78 is 0. The number of amides is 1. The van der Waals surface area contributed by atoms with Crippen LogP contribution in [0.5, 0.6) is 0 Å². The topological polar surface area (TPSA) is 57.6 Å².